The van der Waals surface area contributed by atoms with Gasteiger partial charge in [0.1, 0.15) is 5.75 Å². The standard InChI is InChI=1S/C25H21Br2F3N2O4S/c26-14-4-10-21-18(12-14)19-13-15(27)5-11-22(19)32(21)23-3-1-2-20(24(23)33)31-37(34,35)17-8-6-16(7-9-17)36-25(28,29)30/h4-13,20,23-24,31,33H,1-3H2/t20-,23?,24+/m1/s1. The third kappa shape index (κ3) is 5.40. The van der Waals surface area contributed by atoms with Crippen LogP contribution in [-0.4, -0.2) is 36.6 Å². The van der Waals surface area contributed by atoms with Crippen LogP contribution in [0.3, 0.4) is 0 Å². The van der Waals surface area contributed by atoms with E-state index in [1.54, 1.807) is 0 Å². The first-order chi connectivity index (χ1) is 17.4. The van der Waals surface area contributed by atoms with E-state index in [1.807, 2.05) is 36.4 Å². The third-order valence-electron chi connectivity index (χ3n) is 6.55. The number of nitrogens with one attached hydrogen (secondary N) is 1. The van der Waals surface area contributed by atoms with Gasteiger partial charge in [0.25, 0.3) is 0 Å². The van der Waals surface area contributed by atoms with Gasteiger partial charge in [0, 0.05) is 30.8 Å². The highest BCUT2D eigenvalue weighted by Crippen LogP contribution is 2.40. The first-order valence-corrected chi connectivity index (χ1v) is 14.4. The van der Waals surface area contributed by atoms with Crippen molar-refractivity contribution >= 4 is 63.7 Å². The molecular formula is C25H21Br2F3N2O4S. The van der Waals surface area contributed by atoms with Crippen LogP contribution in [-0.2, 0) is 10.0 Å². The van der Waals surface area contributed by atoms with E-state index >= 15 is 0 Å². The van der Waals surface area contributed by atoms with Crippen molar-refractivity contribution < 1.29 is 31.4 Å². The highest BCUT2D eigenvalue weighted by molar-refractivity contribution is 9.10. The van der Waals surface area contributed by atoms with Gasteiger partial charge < -0.3 is 14.4 Å². The van der Waals surface area contributed by atoms with E-state index in [0.717, 1.165) is 55.0 Å². The summed E-state index contributed by atoms with van der Waals surface area (Å²) in [5.74, 6) is -0.520. The minimum atomic E-state index is -4.88. The Morgan fingerprint density at radius 1 is 0.919 bits per heavy atom. The van der Waals surface area contributed by atoms with Gasteiger partial charge in [-0.3, -0.25) is 0 Å². The fourth-order valence-electron chi connectivity index (χ4n) is 5.01. The van der Waals surface area contributed by atoms with Crippen LogP contribution in [0.2, 0.25) is 0 Å². The van der Waals surface area contributed by atoms with Crippen molar-refractivity contribution in [2.75, 3.05) is 0 Å². The molecule has 0 amide bonds. The quantitative estimate of drug-likeness (QED) is 0.251. The van der Waals surface area contributed by atoms with Crippen molar-refractivity contribution in [3.8, 4) is 5.75 Å². The average molecular weight is 662 g/mol. The Morgan fingerprint density at radius 2 is 1.49 bits per heavy atom. The molecule has 1 heterocycles. The fraction of sp³-hybridized carbons (Fsp3) is 0.280. The Labute approximate surface area is 227 Å². The van der Waals surface area contributed by atoms with Gasteiger partial charge >= 0.3 is 6.36 Å². The molecule has 196 valence electrons. The zero-order chi connectivity index (χ0) is 26.5. The van der Waals surface area contributed by atoms with Crippen molar-refractivity contribution in [1.29, 1.82) is 0 Å². The van der Waals surface area contributed by atoms with Crippen LogP contribution in [0.5, 0.6) is 5.75 Å². The van der Waals surface area contributed by atoms with Crippen LogP contribution >= 0.6 is 31.9 Å². The second kappa shape index (κ2) is 9.88. The molecule has 1 unspecified atom stereocenters. The van der Waals surface area contributed by atoms with Crippen LogP contribution < -0.4 is 9.46 Å². The van der Waals surface area contributed by atoms with Crippen molar-refractivity contribution in [3.05, 3.63) is 69.6 Å². The summed E-state index contributed by atoms with van der Waals surface area (Å²) >= 11 is 7.05. The molecule has 4 aromatic rings. The summed E-state index contributed by atoms with van der Waals surface area (Å²) in [7, 11) is -4.11. The molecule has 0 bridgehead atoms. The van der Waals surface area contributed by atoms with Gasteiger partial charge in [0.15, 0.2) is 0 Å². The molecule has 12 heteroatoms. The van der Waals surface area contributed by atoms with Gasteiger partial charge in [-0.25, -0.2) is 13.1 Å². The molecule has 3 atom stereocenters. The van der Waals surface area contributed by atoms with Gasteiger partial charge in [0.05, 0.1) is 23.1 Å². The first kappa shape index (κ1) is 26.5. The van der Waals surface area contributed by atoms with Crippen molar-refractivity contribution in [2.24, 2.45) is 0 Å². The molecule has 3 aromatic carbocycles. The van der Waals surface area contributed by atoms with Gasteiger partial charge in [0.2, 0.25) is 10.0 Å². The van der Waals surface area contributed by atoms with Crippen LogP contribution in [0.4, 0.5) is 13.2 Å². The monoisotopic (exact) mass is 660 g/mol. The Kier molecular flexibility index (Phi) is 7.07. The summed E-state index contributed by atoms with van der Waals surface area (Å²) < 4.78 is 73.6. The van der Waals surface area contributed by atoms with Gasteiger partial charge in [-0.05, 0) is 79.9 Å². The second-order valence-electron chi connectivity index (χ2n) is 8.93. The number of nitrogens with zero attached hydrogens (tertiary/aromatic N) is 1. The normalized spacial score (nSPS) is 21.0. The number of fused-ring (bicyclic) bond motifs is 3. The van der Waals surface area contributed by atoms with Crippen molar-refractivity contribution in [2.45, 2.75) is 48.7 Å². The molecule has 0 saturated heterocycles. The number of halogens is 5. The third-order valence-corrected chi connectivity index (χ3v) is 9.05. The van der Waals surface area contributed by atoms with Gasteiger partial charge in [-0.15, -0.1) is 13.2 Å². The maximum atomic E-state index is 13.0. The van der Waals surface area contributed by atoms with E-state index in [-0.39, 0.29) is 4.90 Å². The lowest BCUT2D eigenvalue weighted by molar-refractivity contribution is -0.274. The number of alkyl halides is 3. The highest BCUT2D eigenvalue weighted by atomic mass is 79.9. The van der Waals surface area contributed by atoms with E-state index < -0.39 is 40.3 Å². The van der Waals surface area contributed by atoms with Gasteiger partial charge in [-0.1, -0.05) is 31.9 Å². The van der Waals surface area contributed by atoms with Crippen LogP contribution in [0.1, 0.15) is 25.3 Å². The maximum Gasteiger partial charge on any atom is 0.573 e. The molecule has 6 nitrogen and oxygen atoms in total. The van der Waals surface area contributed by atoms with Crippen LogP contribution in [0.25, 0.3) is 21.8 Å². The number of ether oxygens (including phenoxy) is 1. The van der Waals surface area contributed by atoms with Crippen molar-refractivity contribution in [1.82, 2.24) is 9.29 Å². The molecule has 1 fully saturated rings. The average Bonchev–Trinajstić information content (AvgIpc) is 3.12. The summed E-state index contributed by atoms with van der Waals surface area (Å²) in [6, 6.07) is 14.6. The lowest BCUT2D eigenvalue weighted by Gasteiger charge is -2.36. The van der Waals surface area contributed by atoms with E-state index in [2.05, 4.69) is 45.9 Å². The zero-order valence-electron chi connectivity index (χ0n) is 19.0. The number of hydrogen-bond acceptors (Lipinski definition) is 4. The lowest BCUT2D eigenvalue weighted by Crippen LogP contribution is -2.49. The van der Waals surface area contributed by atoms with Crippen molar-refractivity contribution in [3.63, 3.8) is 0 Å². The summed E-state index contributed by atoms with van der Waals surface area (Å²) in [6.07, 6.45) is -4.18. The van der Waals surface area contributed by atoms with E-state index in [1.165, 1.54) is 0 Å². The Morgan fingerprint density at radius 3 is 2.03 bits per heavy atom. The number of benzene rings is 3. The second-order valence-corrected chi connectivity index (χ2v) is 12.5. The predicted octanol–water partition coefficient (Wildman–Crippen LogP) is 6.65. The largest absolute Gasteiger partial charge is 0.573 e. The number of aromatic nitrogens is 1. The Hall–Kier alpha value is -2.12. The minimum absolute atomic E-state index is 0.220. The van der Waals surface area contributed by atoms with Crippen LogP contribution in [0, 0.1) is 0 Å². The predicted molar refractivity (Wildman–Crippen MR) is 141 cm³/mol. The van der Waals surface area contributed by atoms with Crippen LogP contribution in [0.15, 0.2) is 74.5 Å². The van der Waals surface area contributed by atoms with E-state index in [0.29, 0.717) is 19.3 Å². The van der Waals surface area contributed by atoms with E-state index in [9.17, 15) is 26.7 Å². The molecule has 0 radical (unpaired) electrons. The number of aliphatic hydroxyl groups excluding tert-OH is 1. The Bertz CT molecular complexity index is 1510. The number of hydrogen-bond donors (Lipinski definition) is 2. The molecule has 2 N–H and O–H groups in total. The molecule has 1 aliphatic rings. The van der Waals surface area contributed by atoms with Gasteiger partial charge in [-0.2, -0.15) is 0 Å². The Balaban J connectivity index is 1.45. The summed E-state index contributed by atoms with van der Waals surface area (Å²) in [4.78, 5) is -0.220. The zero-order valence-corrected chi connectivity index (χ0v) is 23.0. The number of sulfonamides is 1. The topological polar surface area (TPSA) is 80.6 Å². The maximum absolute atomic E-state index is 13.0. The summed E-state index contributed by atoms with van der Waals surface area (Å²) in [6.45, 7) is 0. The molecule has 0 spiro atoms. The number of aliphatic hydroxyl groups is 1. The SMILES string of the molecule is O=S(=O)(N[C@@H]1CCCC(n2c3ccc(Br)cc3c3cc(Br)ccc32)[C@H]1O)c1ccc(OC(F)(F)F)cc1. The fourth-order valence-corrected chi connectivity index (χ4v) is 7.02. The molecule has 1 saturated carbocycles. The molecule has 1 aliphatic carbocycles. The molecule has 5 rings (SSSR count). The smallest absolute Gasteiger partial charge is 0.406 e. The summed E-state index contributed by atoms with van der Waals surface area (Å²) in [5.41, 5.74) is 1.84. The summed E-state index contributed by atoms with van der Waals surface area (Å²) in [5, 5.41) is 13.4. The minimum Gasteiger partial charge on any atom is -0.406 e. The van der Waals surface area contributed by atoms with E-state index in [4.69, 9.17) is 0 Å². The highest BCUT2D eigenvalue weighted by Gasteiger charge is 2.37. The number of rotatable bonds is 5. The first-order valence-electron chi connectivity index (χ1n) is 11.4. The molecule has 1 aromatic heterocycles. The molecule has 0 aliphatic heterocycles. The lowest BCUT2D eigenvalue weighted by atomic mass is 9.88. The molecular weight excluding hydrogens is 641 g/mol. The molecule has 37 heavy (non-hydrogen) atoms.